The molecule has 0 aliphatic heterocycles. The summed E-state index contributed by atoms with van der Waals surface area (Å²) >= 11 is 3.00. The maximum absolute atomic E-state index is 13.1. The summed E-state index contributed by atoms with van der Waals surface area (Å²) in [6.07, 6.45) is -4.55. The maximum atomic E-state index is 13.1. The Bertz CT molecular complexity index is 698. The number of amides is 1. The lowest BCUT2D eigenvalue weighted by atomic mass is 10.1. The molecule has 0 spiro atoms. The first-order chi connectivity index (χ1) is 10.2. The van der Waals surface area contributed by atoms with Crippen LogP contribution in [0.3, 0.4) is 0 Å². The second-order valence-corrected chi connectivity index (χ2v) is 5.53. The molecule has 0 aliphatic rings. The number of likely N-dealkylation sites (N-methyl/N-ethyl adjacent to an activating group) is 1. The van der Waals surface area contributed by atoms with E-state index in [9.17, 15) is 18.0 Å². The molecule has 0 radical (unpaired) electrons. The van der Waals surface area contributed by atoms with Gasteiger partial charge >= 0.3 is 6.18 Å². The standard InChI is InChI=1S/C12H11BrF3N5O/c1-20(2)10(22)6-21-18-11(17-19-21)8-4-3-7(13)5-9(8)12(14,15)16/h3-5H,6H2,1-2H3. The Hall–Kier alpha value is -1.97. The zero-order valence-electron chi connectivity index (χ0n) is 11.6. The van der Waals surface area contributed by atoms with E-state index >= 15 is 0 Å². The van der Waals surface area contributed by atoms with Crippen LogP contribution in [0.4, 0.5) is 13.2 Å². The van der Waals surface area contributed by atoms with E-state index in [0.29, 0.717) is 4.47 Å². The molecular weight excluding hydrogens is 367 g/mol. The minimum atomic E-state index is -4.55. The summed E-state index contributed by atoms with van der Waals surface area (Å²) in [5.74, 6) is -0.484. The Kier molecular flexibility index (Phi) is 4.50. The summed E-state index contributed by atoms with van der Waals surface area (Å²) in [7, 11) is 3.10. The van der Waals surface area contributed by atoms with Crippen molar-refractivity contribution in [2.75, 3.05) is 14.1 Å². The molecule has 0 atom stereocenters. The van der Waals surface area contributed by atoms with Gasteiger partial charge in [0.05, 0.1) is 5.56 Å². The highest BCUT2D eigenvalue weighted by Crippen LogP contribution is 2.37. The quantitative estimate of drug-likeness (QED) is 0.822. The predicted molar refractivity (Wildman–Crippen MR) is 74.6 cm³/mol. The van der Waals surface area contributed by atoms with Gasteiger partial charge in [-0.3, -0.25) is 4.79 Å². The number of halogens is 4. The molecule has 1 aromatic carbocycles. The second kappa shape index (κ2) is 6.03. The topological polar surface area (TPSA) is 63.9 Å². The highest BCUT2D eigenvalue weighted by atomic mass is 79.9. The lowest BCUT2D eigenvalue weighted by molar-refractivity contribution is -0.137. The zero-order chi connectivity index (χ0) is 16.5. The van der Waals surface area contributed by atoms with Gasteiger partial charge in [0.1, 0.15) is 6.54 Å². The lowest BCUT2D eigenvalue weighted by Crippen LogP contribution is -2.27. The van der Waals surface area contributed by atoms with Crippen molar-refractivity contribution in [1.29, 1.82) is 0 Å². The van der Waals surface area contributed by atoms with Gasteiger partial charge < -0.3 is 4.90 Å². The van der Waals surface area contributed by atoms with Crippen molar-refractivity contribution in [3.63, 3.8) is 0 Å². The van der Waals surface area contributed by atoms with E-state index in [1.165, 1.54) is 17.0 Å². The van der Waals surface area contributed by atoms with Gasteiger partial charge in [-0.1, -0.05) is 15.9 Å². The first-order valence-electron chi connectivity index (χ1n) is 6.03. The number of aromatic nitrogens is 4. The van der Waals surface area contributed by atoms with Crippen molar-refractivity contribution in [3.8, 4) is 11.4 Å². The molecule has 10 heteroatoms. The van der Waals surface area contributed by atoms with Gasteiger partial charge in [0.2, 0.25) is 11.7 Å². The van der Waals surface area contributed by atoms with Gasteiger partial charge in [-0.2, -0.15) is 18.0 Å². The average molecular weight is 378 g/mol. The number of benzene rings is 1. The van der Waals surface area contributed by atoms with Gasteiger partial charge in [0, 0.05) is 24.1 Å². The van der Waals surface area contributed by atoms with Crippen LogP contribution in [0.15, 0.2) is 22.7 Å². The van der Waals surface area contributed by atoms with E-state index in [1.807, 2.05) is 0 Å². The van der Waals surface area contributed by atoms with Crippen LogP contribution in [-0.2, 0) is 17.5 Å². The van der Waals surface area contributed by atoms with Crippen LogP contribution in [0.5, 0.6) is 0 Å². The molecule has 0 fully saturated rings. The Balaban J connectivity index is 2.38. The van der Waals surface area contributed by atoms with Crippen LogP contribution in [0, 0.1) is 0 Å². The molecule has 1 amide bonds. The van der Waals surface area contributed by atoms with Crippen molar-refractivity contribution >= 4 is 21.8 Å². The molecular formula is C12H11BrF3N5O. The number of alkyl halides is 3. The van der Waals surface area contributed by atoms with Crippen molar-refractivity contribution in [3.05, 3.63) is 28.2 Å². The third kappa shape index (κ3) is 3.62. The van der Waals surface area contributed by atoms with E-state index in [2.05, 4.69) is 31.3 Å². The fourth-order valence-electron chi connectivity index (χ4n) is 1.63. The minimum Gasteiger partial charge on any atom is -0.347 e. The summed E-state index contributed by atoms with van der Waals surface area (Å²) < 4.78 is 39.5. The minimum absolute atomic E-state index is 0.189. The summed E-state index contributed by atoms with van der Waals surface area (Å²) in [6, 6.07) is 3.65. The molecule has 22 heavy (non-hydrogen) atoms. The number of carbonyl (C=O) groups is 1. The molecule has 1 aromatic heterocycles. The average Bonchev–Trinajstić information content (AvgIpc) is 2.85. The third-order valence-corrected chi connectivity index (χ3v) is 3.25. The van der Waals surface area contributed by atoms with E-state index < -0.39 is 11.7 Å². The summed E-state index contributed by atoms with van der Waals surface area (Å²) in [6.45, 7) is -0.197. The van der Waals surface area contributed by atoms with Crippen LogP contribution < -0.4 is 0 Å². The van der Waals surface area contributed by atoms with Crippen molar-refractivity contribution < 1.29 is 18.0 Å². The Morgan fingerprint density at radius 1 is 1.36 bits per heavy atom. The number of nitrogens with zero attached hydrogens (tertiary/aromatic N) is 5. The molecule has 0 N–H and O–H groups in total. The molecule has 2 rings (SSSR count). The molecule has 0 saturated carbocycles. The zero-order valence-corrected chi connectivity index (χ0v) is 13.2. The van der Waals surface area contributed by atoms with Crippen LogP contribution in [-0.4, -0.2) is 45.1 Å². The Morgan fingerprint density at radius 3 is 2.64 bits per heavy atom. The predicted octanol–water partition coefficient (Wildman–Crippen LogP) is 2.21. The van der Waals surface area contributed by atoms with E-state index in [-0.39, 0.29) is 23.8 Å². The Labute approximate surface area is 132 Å². The largest absolute Gasteiger partial charge is 0.417 e. The summed E-state index contributed by atoms with van der Waals surface area (Å²) in [5.41, 5.74) is -1.07. The van der Waals surface area contributed by atoms with Crippen LogP contribution in [0.1, 0.15) is 5.56 Å². The molecule has 2 aromatic rings. The summed E-state index contributed by atoms with van der Waals surface area (Å²) in [5, 5.41) is 11.0. The van der Waals surface area contributed by atoms with Gasteiger partial charge in [0.25, 0.3) is 0 Å². The SMILES string of the molecule is CN(C)C(=O)Cn1nnc(-c2ccc(Br)cc2C(F)(F)F)n1. The van der Waals surface area contributed by atoms with Crippen LogP contribution in [0.2, 0.25) is 0 Å². The molecule has 0 unspecified atom stereocenters. The first-order valence-corrected chi connectivity index (χ1v) is 6.83. The third-order valence-electron chi connectivity index (χ3n) is 2.76. The van der Waals surface area contributed by atoms with Crippen molar-refractivity contribution in [2.24, 2.45) is 0 Å². The maximum Gasteiger partial charge on any atom is 0.417 e. The van der Waals surface area contributed by atoms with Crippen LogP contribution in [0.25, 0.3) is 11.4 Å². The van der Waals surface area contributed by atoms with Gasteiger partial charge in [-0.25, -0.2) is 0 Å². The Morgan fingerprint density at radius 2 is 2.05 bits per heavy atom. The van der Waals surface area contributed by atoms with Gasteiger partial charge in [0.15, 0.2) is 0 Å². The molecule has 6 nitrogen and oxygen atoms in total. The molecule has 1 heterocycles. The van der Waals surface area contributed by atoms with E-state index in [4.69, 9.17) is 0 Å². The fraction of sp³-hybridized carbons (Fsp3) is 0.333. The monoisotopic (exact) mass is 377 g/mol. The highest BCUT2D eigenvalue weighted by Gasteiger charge is 2.35. The van der Waals surface area contributed by atoms with Crippen molar-refractivity contribution in [2.45, 2.75) is 12.7 Å². The smallest absolute Gasteiger partial charge is 0.347 e. The second-order valence-electron chi connectivity index (χ2n) is 4.62. The molecule has 0 bridgehead atoms. The number of hydrogen-bond donors (Lipinski definition) is 0. The fourth-order valence-corrected chi connectivity index (χ4v) is 1.99. The number of rotatable bonds is 3. The molecule has 118 valence electrons. The van der Waals surface area contributed by atoms with Crippen molar-refractivity contribution in [1.82, 2.24) is 25.1 Å². The molecule has 0 aliphatic carbocycles. The number of hydrogen-bond acceptors (Lipinski definition) is 4. The number of tetrazole rings is 1. The van der Waals surface area contributed by atoms with E-state index in [0.717, 1.165) is 10.9 Å². The highest BCUT2D eigenvalue weighted by molar-refractivity contribution is 9.10. The van der Waals surface area contributed by atoms with Crippen LogP contribution >= 0.6 is 15.9 Å². The summed E-state index contributed by atoms with van der Waals surface area (Å²) in [4.78, 5) is 13.8. The van der Waals surface area contributed by atoms with E-state index in [1.54, 1.807) is 14.1 Å². The van der Waals surface area contributed by atoms with Gasteiger partial charge in [-0.15, -0.1) is 10.2 Å². The number of carbonyl (C=O) groups excluding carboxylic acids is 1. The first kappa shape index (κ1) is 16.4. The molecule has 0 saturated heterocycles. The van der Waals surface area contributed by atoms with Gasteiger partial charge in [-0.05, 0) is 23.4 Å². The normalized spacial score (nSPS) is 11.5. The lowest BCUT2D eigenvalue weighted by Gasteiger charge is -2.11.